The Morgan fingerprint density at radius 2 is 2.00 bits per heavy atom. The van der Waals surface area contributed by atoms with Gasteiger partial charge in [-0.3, -0.25) is 4.79 Å². The maximum Gasteiger partial charge on any atom is 0.159 e. The fraction of sp³-hybridized carbons (Fsp3) is 0.533. The van der Waals surface area contributed by atoms with Gasteiger partial charge in [0, 0.05) is 12.1 Å². The zero-order valence-electron chi connectivity index (χ0n) is 11.4. The van der Waals surface area contributed by atoms with Crippen LogP contribution < -0.4 is 4.74 Å². The van der Waals surface area contributed by atoms with Crippen LogP contribution >= 0.6 is 0 Å². The van der Waals surface area contributed by atoms with E-state index in [2.05, 4.69) is 18.9 Å². The van der Waals surface area contributed by atoms with Gasteiger partial charge < -0.3 is 9.64 Å². The van der Waals surface area contributed by atoms with E-state index in [-0.39, 0.29) is 11.4 Å². The molecule has 1 atom stereocenters. The third-order valence-corrected chi connectivity index (χ3v) is 3.47. The summed E-state index contributed by atoms with van der Waals surface area (Å²) in [7, 11) is 2.12. The Kier molecular flexibility index (Phi) is 3.71. The van der Waals surface area contributed by atoms with Crippen molar-refractivity contribution in [2.24, 2.45) is 0 Å². The highest BCUT2D eigenvalue weighted by molar-refractivity contribution is 5.94. The molecule has 1 fully saturated rings. The van der Waals surface area contributed by atoms with Gasteiger partial charge in [0.15, 0.2) is 5.78 Å². The van der Waals surface area contributed by atoms with Gasteiger partial charge in [-0.25, -0.2) is 0 Å². The van der Waals surface area contributed by atoms with Gasteiger partial charge in [0.05, 0.1) is 0 Å². The van der Waals surface area contributed by atoms with Gasteiger partial charge in [0.2, 0.25) is 0 Å². The molecule has 0 amide bonds. The number of hydrogen-bond donors (Lipinski definition) is 0. The monoisotopic (exact) mass is 247 g/mol. The number of carbonyl (C=O) groups excluding carboxylic acids is 1. The van der Waals surface area contributed by atoms with Crippen LogP contribution in [0.25, 0.3) is 0 Å². The van der Waals surface area contributed by atoms with Crippen molar-refractivity contribution in [3.63, 3.8) is 0 Å². The smallest absolute Gasteiger partial charge is 0.159 e. The molecule has 3 heteroatoms. The summed E-state index contributed by atoms with van der Waals surface area (Å²) in [6.07, 6.45) is 2.24. The van der Waals surface area contributed by atoms with Crippen molar-refractivity contribution in [2.75, 3.05) is 20.1 Å². The van der Waals surface area contributed by atoms with Crippen LogP contribution in [0.3, 0.4) is 0 Å². The molecule has 0 bridgehead atoms. The summed E-state index contributed by atoms with van der Waals surface area (Å²) in [6, 6.07) is 7.42. The van der Waals surface area contributed by atoms with E-state index in [4.69, 9.17) is 4.74 Å². The first-order chi connectivity index (χ1) is 8.48. The number of rotatable bonds is 3. The molecule has 3 nitrogen and oxygen atoms in total. The summed E-state index contributed by atoms with van der Waals surface area (Å²) in [5.41, 5.74) is 0.610. The summed E-state index contributed by atoms with van der Waals surface area (Å²) >= 11 is 0. The molecule has 1 aromatic rings. The van der Waals surface area contributed by atoms with Gasteiger partial charge in [-0.1, -0.05) is 0 Å². The maximum absolute atomic E-state index is 11.2. The summed E-state index contributed by atoms with van der Waals surface area (Å²) < 4.78 is 6.09. The molecule has 2 rings (SSSR count). The molecule has 1 unspecified atom stereocenters. The van der Waals surface area contributed by atoms with Gasteiger partial charge in [0.1, 0.15) is 11.4 Å². The van der Waals surface area contributed by atoms with E-state index >= 15 is 0 Å². The Labute approximate surface area is 109 Å². The molecule has 0 radical (unpaired) electrons. The van der Waals surface area contributed by atoms with Crippen molar-refractivity contribution >= 4 is 5.78 Å². The van der Waals surface area contributed by atoms with Gasteiger partial charge in [-0.05, 0) is 64.5 Å². The lowest BCUT2D eigenvalue weighted by molar-refractivity contribution is 0.0156. The average Bonchev–Trinajstić information content (AvgIpc) is 2.28. The first-order valence-corrected chi connectivity index (χ1v) is 6.47. The van der Waals surface area contributed by atoms with E-state index < -0.39 is 0 Å². The maximum atomic E-state index is 11.2. The largest absolute Gasteiger partial charge is 0.486 e. The lowest BCUT2D eigenvalue weighted by atomic mass is 9.95. The summed E-state index contributed by atoms with van der Waals surface area (Å²) in [6.45, 7) is 5.82. The predicted octanol–water partition coefficient (Wildman–Crippen LogP) is 2.75. The van der Waals surface area contributed by atoms with Gasteiger partial charge in [-0.2, -0.15) is 0 Å². The van der Waals surface area contributed by atoms with Crippen molar-refractivity contribution in [1.29, 1.82) is 0 Å². The number of hydrogen-bond acceptors (Lipinski definition) is 3. The second-order valence-corrected chi connectivity index (χ2v) is 5.47. The number of Topliss-reactive ketones (excluding diaryl/α,β-unsaturated/α-hetero) is 1. The molecule has 1 aromatic carbocycles. The predicted molar refractivity (Wildman–Crippen MR) is 72.2 cm³/mol. The van der Waals surface area contributed by atoms with Crippen LogP contribution in [-0.2, 0) is 0 Å². The zero-order valence-corrected chi connectivity index (χ0v) is 11.4. The summed E-state index contributed by atoms with van der Waals surface area (Å²) in [5.74, 6) is 0.933. The number of benzene rings is 1. The molecule has 0 aliphatic carbocycles. The Morgan fingerprint density at radius 1 is 1.33 bits per heavy atom. The average molecular weight is 247 g/mol. The molecule has 1 aliphatic heterocycles. The van der Waals surface area contributed by atoms with Crippen LogP contribution in [-0.4, -0.2) is 36.4 Å². The van der Waals surface area contributed by atoms with E-state index in [0.717, 1.165) is 30.8 Å². The third-order valence-electron chi connectivity index (χ3n) is 3.47. The molecule has 0 spiro atoms. The minimum absolute atomic E-state index is 0.0881. The quantitative estimate of drug-likeness (QED) is 0.769. The van der Waals surface area contributed by atoms with Crippen LogP contribution in [0.2, 0.25) is 0 Å². The molecule has 0 aromatic heterocycles. The SMILES string of the molecule is CC(=O)c1ccc(OC2(C)CCCN(C)C2)cc1. The van der Waals surface area contributed by atoms with E-state index in [9.17, 15) is 4.79 Å². The molecule has 0 N–H and O–H groups in total. The first-order valence-electron chi connectivity index (χ1n) is 6.47. The summed E-state index contributed by atoms with van der Waals surface area (Å²) in [4.78, 5) is 13.5. The minimum atomic E-state index is -0.120. The van der Waals surface area contributed by atoms with Crippen molar-refractivity contribution in [3.05, 3.63) is 29.8 Å². The molecule has 98 valence electrons. The topological polar surface area (TPSA) is 29.5 Å². The second-order valence-electron chi connectivity index (χ2n) is 5.47. The van der Waals surface area contributed by atoms with Gasteiger partial charge >= 0.3 is 0 Å². The highest BCUT2D eigenvalue weighted by atomic mass is 16.5. The molecule has 18 heavy (non-hydrogen) atoms. The Morgan fingerprint density at radius 3 is 2.56 bits per heavy atom. The fourth-order valence-electron chi connectivity index (χ4n) is 2.58. The van der Waals surface area contributed by atoms with Crippen molar-refractivity contribution in [3.8, 4) is 5.75 Å². The van der Waals surface area contributed by atoms with E-state index in [1.54, 1.807) is 6.92 Å². The minimum Gasteiger partial charge on any atom is -0.486 e. The number of ether oxygens (including phenoxy) is 1. The lowest BCUT2D eigenvalue weighted by Crippen LogP contribution is -2.48. The number of nitrogens with zero attached hydrogens (tertiary/aromatic N) is 1. The number of carbonyl (C=O) groups is 1. The highest BCUT2D eigenvalue weighted by Crippen LogP contribution is 2.27. The number of ketones is 1. The Balaban J connectivity index is 2.06. The normalized spacial score (nSPS) is 24.8. The molecule has 1 saturated heterocycles. The fourth-order valence-corrected chi connectivity index (χ4v) is 2.58. The van der Waals surface area contributed by atoms with Crippen LogP contribution in [0.1, 0.15) is 37.0 Å². The second kappa shape index (κ2) is 5.11. The number of likely N-dealkylation sites (N-methyl/N-ethyl adjacent to an activating group) is 1. The molecular formula is C15H21NO2. The van der Waals surface area contributed by atoms with E-state index in [1.807, 2.05) is 24.3 Å². The third kappa shape index (κ3) is 3.10. The Bertz CT molecular complexity index is 427. The molecular weight excluding hydrogens is 226 g/mol. The van der Waals surface area contributed by atoms with E-state index in [1.165, 1.54) is 6.42 Å². The summed E-state index contributed by atoms with van der Waals surface area (Å²) in [5, 5.41) is 0. The molecule has 1 heterocycles. The highest BCUT2D eigenvalue weighted by Gasteiger charge is 2.31. The number of likely N-dealkylation sites (tertiary alicyclic amines) is 1. The molecule has 1 aliphatic rings. The lowest BCUT2D eigenvalue weighted by Gasteiger charge is -2.39. The Hall–Kier alpha value is -1.35. The van der Waals surface area contributed by atoms with Crippen molar-refractivity contribution in [1.82, 2.24) is 4.90 Å². The van der Waals surface area contributed by atoms with Crippen molar-refractivity contribution < 1.29 is 9.53 Å². The van der Waals surface area contributed by atoms with Crippen LogP contribution in [0.5, 0.6) is 5.75 Å². The van der Waals surface area contributed by atoms with Crippen LogP contribution in [0.15, 0.2) is 24.3 Å². The molecule has 0 saturated carbocycles. The number of piperidine rings is 1. The zero-order chi connectivity index (χ0) is 13.2. The van der Waals surface area contributed by atoms with E-state index in [0.29, 0.717) is 0 Å². The van der Waals surface area contributed by atoms with Crippen LogP contribution in [0, 0.1) is 0 Å². The van der Waals surface area contributed by atoms with Gasteiger partial charge in [-0.15, -0.1) is 0 Å². The van der Waals surface area contributed by atoms with Crippen LogP contribution in [0.4, 0.5) is 0 Å². The van der Waals surface area contributed by atoms with Crippen molar-refractivity contribution in [2.45, 2.75) is 32.3 Å². The standard InChI is InChI=1S/C15H21NO2/c1-12(17)13-5-7-14(8-6-13)18-15(2)9-4-10-16(3)11-15/h5-8H,4,9-11H2,1-3H3. The first kappa shape index (κ1) is 13.1. The van der Waals surface area contributed by atoms with Gasteiger partial charge in [0.25, 0.3) is 0 Å².